The van der Waals surface area contributed by atoms with Crippen LogP contribution in [0.5, 0.6) is 0 Å². The van der Waals surface area contributed by atoms with E-state index in [2.05, 4.69) is 11.2 Å². The molecule has 0 unspecified atom stereocenters. The Bertz CT molecular complexity index is 592. The van der Waals surface area contributed by atoms with Gasteiger partial charge in [0.1, 0.15) is 6.04 Å². The van der Waals surface area contributed by atoms with Gasteiger partial charge in [-0.2, -0.15) is 16.4 Å². The Kier molecular flexibility index (Phi) is 5.14. The van der Waals surface area contributed by atoms with E-state index in [0.29, 0.717) is 6.54 Å². The molecule has 0 saturated heterocycles. The van der Waals surface area contributed by atoms with E-state index in [-0.39, 0.29) is 0 Å². The minimum absolute atomic E-state index is 0.572. The van der Waals surface area contributed by atoms with E-state index in [1.807, 2.05) is 47.3 Å². The third kappa shape index (κ3) is 3.92. The Balaban J connectivity index is 1.92. The first-order valence-electron chi connectivity index (χ1n) is 6.95. The van der Waals surface area contributed by atoms with Gasteiger partial charge in [-0.05, 0) is 55.8 Å². The van der Waals surface area contributed by atoms with Gasteiger partial charge in [0.15, 0.2) is 0 Å². The Hall–Kier alpha value is -1.66. The summed E-state index contributed by atoms with van der Waals surface area (Å²) in [4.78, 5) is 13.4. The molecule has 0 spiro atoms. The zero-order valence-electron chi connectivity index (χ0n) is 12.6. The number of likely N-dealkylation sites (N-methyl/N-ethyl adjacent to an activating group) is 1. The predicted molar refractivity (Wildman–Crippen MR) is 83.6 cm³/mol. The molecule has 0 radical (unpaired) electrons. The van der Waals surface area contributed by atoms with Crippen LogP contribution >= 0.6 is 11.3 Å². The van der Waals surface area contributed by atoms with E-state index in [4.69, 9.17) is 0 Å². The van der Waals surface area contributed by atoms with Gasteiger partial charge >= 0.3 is 5.97 Å². The Morgan fingerprint density at radius 1 is 1.52 bits per heavy atom. The number of nitrogens with zero attached hydrogens (tertiary/aromatic N) is 3. The van der Waals surface area contributed by atoms with Gasteiger partial charge in [-0.25, -0.2) is 0 Å². The lowest BCUT2D eigenvalue weighted by atomic mass is 10.1. The third-order valence-electron chi connectivity index (χ3n) is 3.52. The maximum atomic E-state index is 11.5. The molecule has 6 heteroatoms. The quantitative estimate of drug-likeness (QED) is 0.854. The van der Waals surface area contributed by atoms with Crippen LogP contribution in [0.4, 0.5) is 0 Å². The number of aryl methyl sites for hydroxylation is 3. The number of carbonyl (C=O) groups is 1. The average molecular weight is 307 g/mol. The van der Waals surface area contributed by atoms with Crippen molar-refractivity contribution in [1.82, 2.24) is 14.7 Å². The van der Waals surface area contributed by atoms with Crippen molar-refractivity contribution in [1.29, 1.82) is 0 Å². The second-order valence-corrected chi connectivity index (χ2v) is 6.06. The van der Waals surface area contributed by atoms with Gasteiger partial charge in [0.25, 0.3) is 0 Å². The van der Waals surface area contributed by atoms with Gasteiger partial charge < -0.3 is 5.11 Å². The molecule has 2 aromatic rings. The molecular weight excluding hydrogens is 286 g/mol. The summed E-state index contributed by atoms with van der Waals surface area (Å²) in [7, 11) is 1.86. The number of rotatable bonds is 7. The highest BCUT2D eigenvalue weighted by Gasteiger charge is 2.24. The number of thiophene rings is 1. The standard InChI is InChI=1S/C15H21N3O2S/c1-11-9-12(2)18(16-11)7-4-6-17(3)14(15(19)20)13-5-8-21-10-13/h5,8-10,14H,4,6-7H2,1-3H3,(H,19,20)/t14-/m0/s1. The van der Waals surface area contributed by atoms with Crippen LogP contribution in [0.2, 0.25) is 0 Å². The first-order chi connectivity index (χ1) is 9.99. The van der Waals surface area contributed by atoms with Gasteiger partial charge in [-0.15, -0.1) is 0 Å². The van der Waals surface area contributed by atoms with Crippen molar-refractivity contribution in [2.24, 2.45) is 0 Å². The monoisotopic (exact) mass is 307 g/mol. The zero-order chi connectivity index (χ0) is 15.4. The molecule has 1 N–H and O–H groups in total. The summed E-state index contributed by atoms with van der Waals surface area (Å²) in [5.74, 6) is -0.804. The van der Waals surface area contributed by atoms with Crippen molar-refractivity contribution >= 4 is 17.3 Å². The highest BCUT2D eigenvalue weighted by atomic mass is 32.1. The van der Waals surface area contributed by atoms with E-state index < -0.39 is 12.0 Å². The summed E-state index contributed by atoms with van der Waals surface area (Å²) in [5.41, 5.74) is 3.01. The Morgan fingerprint density at radius 2 is 2.29 bits per heavy atom. The third-order valence-corrected chi connectivity index (χ3v) is 4.22. The second-order valence-electron chi connectivity index (χ2n) is 5.28. The number of aliphatic carboxylic acids is 1. The van der Waals surface area contributed by atoms with Crippen LogP contribution in [-0.4, -0.2) is 39.3 Å². The second kappa shape index (κ2) is 6.87. The molecule has 0 fully saturated rings. The molecule has 0 aliphatic rings. The fourth-order valence-corrected chi connectivity index (χ4v) is 3.20. The number of aromatic nitrogens is 2. The molecule has 0 bridgehead atoms. The first kappa shape index (κ1) is 15.7. The molecule has 1 atom stereocenters. The molecule has 0 aliphatic heterocycles. The van der Waals surface area contributed by atoms with Crippen molar-refractivity contribution in [3.8, 4) is 0 Å². The van der Waals surface area contributed by atoms with Gasteiger partial charge in [-0.1, -0.05) is 0 Å². The largest absolute Gasteiger partial charge is 0.480 e. The summed E-state index contributed by atoms with van der Waals surface area (Å²) >= 11 is 1.52. The number of hydrogen-bond acceptors (Lipinski definition) is 4. The van der Waals surface area contributed by atoms with Crippen molar-refractivity contribution < 1.29 is 9.90 Å². The molecule has 0 saturated carbocycles. The Morgan fingerprint density at radius 3 is 2.81 bits per heavy atom. The van der Waals surface area contributed by atoms with Gasteiger partial charge in [-0.3, -0.25) is 14.4 Å². The highest BCUT2D eigenvalue weighted by Crippen LogP contribution is 2.22. The van der Waals surface area contributed by atoms with Gasteiger partial charge in [0, 0.05) is 18.8 Å². The summed E-state index contributed by atoms with van der Waals surface area (Å²) in [6.45, 7) is 5.53. The summed E-state index contributed by atoms with van der Waals surface area (Å²) in [6.07, 6.45) is 0.867. The first-order valence-corrected chi connectivity index (χ1v) is 7.89. The van der Waals surface area contributed by atoms with E-state index in [1.165, 1.54) is 11.3 Å². The van der Waals surface area contributed by atoms with Crippen LogP contribution in [0.25, 0.3) is 0 Å². The van der Waals surface area contributed by atoms with E-state index in [0.717, 1.165) is 29.9 Å². The minimum Gasteiger partial charge on any atom is -0.480 e. The SMILES string of the molecule is Cc1cc(C)n(CCCN(C)[C@H](C(=O)O)c2ccsc2)n1. The minimum atomic E-state index is -0.804. The molecule has 2 aromatic heterocycles. The van der Waals surface area contributed by atoms with Gasteiger partial charge in [0.2, 0.25) is 0 Å². The van der Waals surface area contributed by atoms with E-state index in [1.54, 1.807) is 0 Å². The topological polar surface area (TPSA) is 58.4 Å². The molecule has 5 nitrogen and oxygen atoms in total. The number of hydrogen-bond donors (Lipinski definition) is 1. The van der Waals surface area contributed by atoms with Crippen molar-refractivity contribution in [2.75, 3.05) is 13.6 Å². The molecular formula is C15H21N3O2S. The highest BCUT2D eigenvalue weighted by molar-refractivity contribution is 7.08. The van der Waals surface area contributed by atoms with Gasteiger partial charge in [0.05, 0.1) is 5.69 Å². The summed E-state index contributed by atoms with van der Waals surface area (Å²) < 4.78 is 1.98. The normalized spacial score (nSPS) is 12.8. The molecule has 2 heterocycles. The van der Waals surface area contributed by atoms with Crippen LogP contribution in [-0.2, 0) is 11.3 Å². The number of carboxylic acids is 1. The number of carboxylic acid groups (broad SMARTS) is 1. The van der Waals surface area contributed by atoms with Crippen LogP contribution in [0.15, 0.2) is 22.9 Å². The molecule has 0 amide bonds. The maximum absolute atomic E-state index is 11.5. The fourth-order valence-electron chi connectivity index (χ4n) is 2.52. The fraction of sp³-hybridized carbons (Fsp3) is 0.467. The molecule has 21 heavy (non-hydrogen) atoms. The van der Waals surface area contributed by atoms with Crippen LogP contribution < -0.4 is 0 Å². The summed E-state index contributed by atoms with van der Waals surface area (Å²) in [6, 6.07) is 3.35. The average Bonchev–Trinajstić information content (AvgIpc) is 3.00. The van der Waals surface area contributed by atoms with E-state index in [9.17, 15) is 9.90 Å². The summed E-state index contributed by atoms with van der Waals surface area (Å²) in [5, 5.41) is 17.7. The van der Waals surface area contributed by atoms with Crippen molar-refractivity contribution in [3.63, 3.8) is 0 Å². The zero-order valence-corrected chi connectivity index (χ0v) is 13.4. The van der Waals surface area contributed by atoms with Crippen molar-refractivity contribution in [2.45, 2.75) is 32.9 Å². The lowest BCUT2D eigenvalue weighted by molar-refractivity contribution is -0.143. The van der Waals surface area contributed by atoms with Crippen LogP contribution in [0.3, 0.4) is 0 Å². The lowest BCUT2D eigenvalue weighted by Crippen LogP contribution is -2.31. The lowest BCUT2D eigenvalue weighted by Gasteiger charge is -2.24. The van der Waals surface area contributed by atoms with E-state index >= 15 is 0 Å². The molecule has 0 aliphatic carbocycles. The molecule has 0 aromatic carbocycles. The van der Waals surface area contributed by atoms with Crippen molar-refractivity contribution in [3.05, 3.63) is 39.8 Å². The molecule has 2 rings (SSSR count). The van der Waals surface area contributed by atoms with Crippen LogP contribution in [0, 0.1) is 13.8 Å². The smallest absolute Gasteiger partial charge is 0.325 e. The molecule has 114 valence electrons. The Labute approximate surface area is 128 Å². The predicted octanol–water partition coefficient (Wildman–Crippen LogP) is 2.71. The maximum Gasteiger partial charge on any atom is 0.325 e. The van der Waals surface area contributed by atoms with Crippen LogP contribution in [0.1, 0.15) is 29.4 Å².